The summed E-state index contributed by atoms with van der Waals surface area (Å²) >= 11 is 0. The molecule has 1 heterocycles. The number of hydrogen-bond donors (Lipinski definition) is 1. The summed E-state index contributed by atoms with van der Waals surface area (Å²) in [4.78, 5) is 0. The van der Waals surface area contributed by atoms with E-state index < -0.39 is 0 Å². The first-order valence-electron chi connectivity index (χ1n) is 6.03. The second-order valence-electron chi connectivity index (χ2n) is 4.55. The Morgan fingerprint density at radius 2 is 2.12 bits per heavy atom. The second-order valence-corrected chi connectivity index (χ2v) is 4.55. The fourth-order valence-electron chi connectivity index (χ4n) is 2.01. The maximum atomic E-state index is 5.71. The zero-order valence-corrected chi connectivity index (χ0v) is 9.41. The van der Waals surface area contributed by atoms with E-state index in [1.165, 1.54) is 24.0 Å². The number of ether oxygens (including phenoxy) is 1. The van der Waals surface area contributed by atoms with Crippen LogP contribution in [0.25, 0.3) is 0 Å². The monoisotopic (exact) mass is 217 g/mol. The lowest BCUT2D eigenvalue weighted by molar-refractivity contribution is 0.313. The molecule has 0 amide bonds. The van der Waals surface area contributed by atoms with Gasteiger partial charge < -0.3 is 10.1 Å². The highest BCUT2D eigenvalue weighted by molar-refractivity contribution is 5.37. The Morgan fingerprint density at radius 1 is 1.25 bits per heavy atom. The molecular formula is C13H17N2O. The molecule has 1 aromatic carbocycles. The van der Waals surface area contributed by atoms with E-state index in [4.69, 9.17) is 4.74 Å². The average molecular weight is 217 g/mol. The summed E-state index contributed by atoms with van der Waals surface area (Å²) in [7, 11) is 0. The Balaban J connectivity index is 1.49. The summed E-state index contributed by atoms with van der Waals surface area (Å²) in [6, 6.07) is 7.08. The van der Waals surface area contributed by atoms with Crippen LogP contribution in [0.15, 0.2) is 18.2 Å². The molecule has 0 saturated heterocycles. The Kier molecular flexibility index (Phi) is 2.80. The predicted octanol–water partition coefficient (Wildman–Crippen LogP) is 1.44. The molecule has 1 aliphatic heterocycles. The zero-order valence-electron chi connectivity index (χ0n) is 9.41. The SMILES string of the molecule is c1cc2c(cc1OCCNC1CC1)C[N]C2. The third kappa shape index (κ3) is 2.36. The molecule has 0 spiro atoms. The fourth-order valence-corrected chi connectivity index (χ4v) is 2.01. The summed E-state index contributed by atoms with van der Waals surface area (Å²) in [5.41, 5.74) is 2.68. The van der Waals surface area contributed by atoms with Crippen LogP contribution in [0.3, 0.4) is 0 Å². The third-order valence-electron chi connectivity index (χ3n) is 3.12. The maximum Gasteiger partial charge on any atom is 0.119 e. The third-order valence-corrected chi connectivity index (χ3v) is 3.12. The number of nitrogens with one attached hydrogen (secondary N) is 1. The van der Waals surface area contributed by atoms with Crippen molar-refractivity contribution in [2.75, 3.05) is 13.2 Å². The van der Waals surface area contributed by atoms with Crippen molar-refractivity contribution in [1.29, 1.82) is 0 Å². The van der Waals surface area contributed by atoms with Crippen LogP contribution in [0.1, 0.15) is 24.0 Å². The van der Waals surface area contributed by atoms with Crippen molar-refractivity contribution in [3.8, 4) is 5.75 Å². The molecule has 3 nitrogen and oxygen atoms in total. The molecule has 1 aromatic rings. The van der Waals surface area contributed by atoms with Gasteiger partial charge in [-0.2, -0.15) is 0 Å². The van der Waals surface area contributed by atoms with Crippen LogP contribution < -0.4 is 15.4 Å². The van der Waals surface area contributed by atoms with Gasteiger partial charge in [-0.15, -0.1) is 0 Å². The summed E-state index contributed by atoms with van der Waals surface area (Å²) in [6.45, 7) is 3.43. The lowest BCUT2D eigenvalue weighted by Gasteiger charge is -2.08. The van der Waals surface area contributed by atoms with Crippen LogP contribution in [-0.4, -0.2) is 19.2 Å². The van der Waals surface area contributed by atoms with Crippen molar-refractivity contribution in [3.63, 3.8) is 0 Å². The van der Waals surface area contributed by atoms with Crippen molar-refractivity contribution in [3.05, 3.63) is 29.3 Å². The molecule has 1 N–H and O–H groups in total. The predicted molar refractivity (Wildman–Crippen MR) is 62.5 cm³/mol. The molecule has 2 aliphatic rings. The number of fused-ring (bicyclic) bond motifs is 1. The van der Waals surface area contributed by atoms with Crippen LogP contribution in [0.4, 0.5) is 0 Å². The largest absolute Gasteiger partial charge is 0.492 e. The Morgan fingerprint density at radius 3 is 3.00 bits per heavy atom. The minimum absolute atomic E-state index is 0.756. The number of rotatable bonds is 5. The van der Waals surface area contributed by atoms with E-state index >= 15 is 0 Å². The molecule has 1 fully saturated rings. The van der Waals surface area contributed by atoms with E-state index in [1.807, 2.05) is 0 Å². The van der Waals surface area contributed by atoms with Crippen LogP contribution in [-0.2, 0) is 13.1 Å². The minimum atomic E-state index is 0.756. The van der Waals surface area contributed by atoms with E-state index in [0.717, 1.165) is 38.0 Å². The van der Waals surface area contributed by atoms with Crippen LogP contribution >= 0.6 is 0 Å². The molecule has 1 aliphatic carbocycles. The average Bonchev–Trinajstić information content (AvgIpc) is 3.01. The van der Waals surface area contributed by atoms with Crippen molar-refractivity contribution >= 4 is 0 Å². The standard InChI is InChI=1S/C13H17N2O/c1-4-13(7-11-9-14-8-10(1)11)16-6-5-15-12-2-3-12/h1,4,7,12,15H,2-3,5-6,8-9H2. The van der Waals surface area contributed by atoms with Gasteiger partial charge in [0.05, 0.1) is 0 Å². The molecule has 16 heavy (non-hydrogen) atoms. The molecule has 3 rings (SSSR count). The molecule has 85 valence electrons. The van der Waals surface area contributed by atoms with E-state index in [0.29, 0.717) is 0 Å². The first-order valence-corrected chi connectivity index (χ1v) is 6.03. The van der Waals surface area contributed by atoms with E-state index in [2.05, 4.69) is 28.8 Å². The first-order chi connectivity index (χ1) is 7.92. The second kappa shape index (κ2) is 4.44. The Bertz CT molecular complexity index is 374. The molecule has 0 atom stereocenters. The van der Waals surface area contributed by atoms with Gasteiger partial charge in [0, 0.05) is 25.7 Å². The highest BCUT2D eigenvalue weighted by Crippen LogP contribution is 2.22. The topological polar surface area (TPSA) is 35.4 Å². The lowest BCUT2D eigenvalue weighted by atomic mass is 10.1. The smallest absolute Gasteiger partial charge is 0.119 e. The molecule has 0 unspecified atom stereocenters. The maximum absolute atomic E-state index is 5.71. The molecule has 0 bridgehead atoms. The summed E-state index contributed by atoms with van der Waals surface area (Å²) in [5, 5.41) is 7.79. The van der Waals surface area contributed by atoms with Crippen molar-refractivity contribution in [2.45, 2.75) is 32.0 Å². The molecular weight excluding hydrogens is 200 g/mol. The van der Waals surface area contributed by atoms with Gasteiger partial charge in [-0.3, -0.25) is 0 Å². The molecule has 0 aromatic heterocycles. The van der Waals surface area contributed by atoms with Gasteiger partial charge in [0.1, 0.15) is 12.4 Å². The summed E-state index contributed by atoms with van der Waals surface area (Å²) in [5.74, 6) is 0.980. The van der Waals surface area contributed by atoms with Gasteiger partial charge in [-0.05, 0) is 36.1 Å². The van der Waals surface area contributed by atoms with Gasteiger partial charge in [-0.1, -0.05) is 6.07 Å². The Hall–Kier alpha value is -1.06. The zero-order chi connectivity index (χ0) is 10.8. The molecule has 1 radical (unpaired) electrons. The summed E-state index contributed by atoms with van der Waals surface area (Å²) < 4.78 is 5.71. The number of hydrogen-bond acceptors (Lipinski definition) is 2. The van der Waals surface area contributed by atoms with E-state index in [1.54, 1.807) is 0 Å². The molecule has 3 heteroatoms. The van der Waals surface area contributed by atoms with Crippen molar-refractivity contribution < 1.29 is 4.74 Å². The van der Waals surface area contributed by atoms with E-state index in [9.17, 15) is 0 Å². The quantitative estimate of drug-likeness (QED) is 0.757. The Labute approximate surface area is 96.2 Å². The summed E-state index contributed by atoms with van der Waals surface area (Å²) in [6.07, 6.45) is 2.67. The number of nitrogens with zero attached hydrogens (tertiary/aromatic N) is 1. The van der Waals surface area contributed by atoms with Gasteiger partial charge in [0.25, 0.3) is 0 Å². The van der Waals surface area contributed by atoms with Crippen LogP contribution in [0.2, 0.25) is 0 Å². The molecule has 1 saturated carbocycles. The van der Waals surface area contributed by atoms with Crippen molar-refractivity contribution in [1.82, 2.24) is 10.6 Å². The van der Waals surface area contributed by atoms with Gasteiger partial charge >= 0.3 is 0 Å². The highest BCUT2D eigenvalue weighted by Gasteiger charge is 2.19. The van der Waals surface area contributed by atoms with Crippen LogP contribution in [0, 0.1) is 0 Å². The van der Waals surface area contributed by atoms with Crippen LogP contribution in [0.5, 0.6) is 5.75 Å². The van der Waals surface area contributed by atoms with Gasteiger partial charge in [0.15, 0.2) is 0 Å². The van der Waals surface area contributed by atoms with E-state index in [-0.39, 0.29) is 0 Å². The van der Waals surface area contributed by atoms with Crippen molar-refractivity contribution in [2.24, 2.45) is 0 Å². The fraction of sp³-hybridized carbons (Fsp3) is 0.538. The van der Waals surface area contributed by atoms with Gasteiger partial charge in [0.2, 0.25) is 0 Å². The highest BCUT2D eigenvalue weighted by atomic mass is 16.5. The first kappa shape index (κ1) is 10.1. The van der Waals surface area contributed by atoms with Gasteiger partial charge in [-0.25, -0.2) is 5.32 Å². The number of benzene rings is 1. The lowest BCUT2D eigenvalue weighted by Crippen LogP contribution is -2.22. The minimum Gasteiger partial charge on any atom is -0.492 e. The normalized spacial score (nSPS) is 18.5.